The van der Waals surface area contributed by atoms with Crippen LogP contribution in [0.2, 0.25) is 10.0 Å². The fourth-order valence-corrected chi connectivity index (χ4v) is 2.23. The first-order valence-corrected chi connectivity index (χ1v) is 7.03. The zero-order chi connectivity index (χ0) is 15.8. The fourth-order valence-electron chi connectivity index (χ4n) is 1.71. The van der Waals surface area contributed by atoms with Crippen molar-refractivity contribution < 1.29 is 14.3 Å². The number of Topliss-reactive ketones (excluding diaryl/α,β-unsaturated/α-hetero) is 1. The van der Waals surface area contributed by atoms with Gasteiger partial charge in [0.1, 0.15) is 6.42 Å². The first-order chi connectivity index (χ1) is 9.96. The van der Waals surface area contributed by atoms with Crippen LogP contribution in [0.4, 0.5) is 5.69 Å². The van der Waals surface area contributed by atoms with E-state index in [9.17, 15) is 9.59 Å². The van der Waals surface area contributed by atoms with Gasteiger partial charge in [0, 0.05) is 15.7 Å². The van der Waals surface area contributed by atoms with Gasteiger partial charge in [-0.1, -0.05) is 29.1 Å². The Morgan fingerprint density at radius 3 is 2.43 bits per heavy atom. The maximum atomic E-state index is 11.9. The normalized spacial score (nSPS) is 9.81. The van der Waals surface area contributed by atoms with Crippen molar-refractivity contribution in [3.63, 3.8) is 0 Å². The lowest BCUT2D eigenvalue weighted by molar-refractivity contribution is -0.145. The third-order valence-corrected chi connectivity index (χ3v) is 2.95. The van der Waals surface area contributed by atoms with Crippen LogP contribution in [-0.4, -0.2) is 31.4 Å². The van der Waals surface area contributed by atoms with E-state index in [-0.39, 0.29) is 31.9 Å². The lowest BCUT2D eigenvalue weighted by atomic mass is 10.2. The first-order valence-electron chi connectivity index (χ1n) is 6.28. The number of anilines is 1. The lowest BCUT2D eigenvalue weighted by Gasteiger charge is -2.22. The highest BCUT2D eigenvalue weighted by Crippen LogP contribution is 2.25. The van der Waals surface area contributed by atoms with Crippen molar-refractivity contribution in [2.24, 2.45) is 0 Å². The fraction of sp³-hybridized carbons (Fsp3) is 0.333. The van der Waals surface area contributed by atoms with E-state index in [0.717, 1.165) is 0 Å². The Kier molecular flexibility index (Phi) is 7.07. The van der Waals surface area contributed by atoms with Crippen LogP contribution >= 0.6 is 23.2 Å². The molecule has 0 amide bonds. The molecule has 0 bridgehead atoms. The molecule has 21 heavy (non-hydrogen) atoms. The van der Waals surface area contributed by atoms with Gasteiger partial charge in [-0.15, -0.1) is 6.42 Å². The molecule has 0 saturated heterocycles. The number of carbonyl (C=O) groups excluding carboxylic acids is 2. The summed E-state index contributed by atoms with van der Waals surface area (Å²) < 4.78 is 4.74. The number of hydrogen-bond acceptors (Lipinski definition) is 4. The van der Waals surface area contributed by atoms with E-state index in [4.69, 9.17) is 34.4 Å². The summed E-state index contributed by atoms with van der Waals surface area (Å²) in [5.74, 6) is 1.62. The standard InChI is InChI=1S/C15H15Cl2NO3/c1-3-5-18(10-14(19)9-15(20)21-4-2)13-7-11(16)6-12(17)8-13/h1,6-8H,4-5,9-10H2,2H3. The molecular formula is C15H15Cl2NO3. The van der Waals surface area contributed by atoms with Crippen molar-refractivity contribution in [1.29, 1.82) is 0 Å². The summed E-state index contributed by atoms with van der Waals surface area (Å²) >= 11 is 11.9. The molecule has 1 rings (SSSR count). The summed E-state index contributed by atoms with van der Waals surface area (Å²) in [4.78, 5) is 24.8. The van der Waals surface area contributed by atoms with E-state index in [0.29, 0.717) is 15.7 Å². The van der Waals surface area contributed by atoms with Crippen molar-refractivity contribution in [3.05, 3.63) is 28.2 Å². The van der Waals surface area contributed by atoms with Crippen molar-refractivity contribution in [2.45, 2.75) is 13.3 Å². The van der Waals surface area contributed by atoms with Gasteiger partial charge in [-0.05, 0) is 25.1 Å². The van der Waals surface area contributed by atoms with Gasteiger partial charge in [-0.3, -0.25) is 9.59 Å². The molecule has 6 heteroatoms. The number of ether oxygens (including phenoxy) is 1. The number of halogens is 2. The lowest BCUT2D eigenvalue weighted by Crippen LogP contribution is -2.31. The molecule has 0 aliphatic heterocycles. The van der Waals surface area contributed by atoms with E-state index in [1.165, 1.54) is 0 Å². The highest BCUT2D eigenvalue weighted by Gasteiger charge is 2.15. The second-order valence-corrected chi connectivity index (χ2v) is 5.08. The number of ketones is 1. The van der Waals surface area contributed by atoms with Crippen molar-refractivity contribution in [3.8, 4) is 12.3 Å². The van der Waals surface area contributed by atoms with Crippen LogP contribution in [0.1, 0.15) is 13.3 Å². The minimum absolute atomic E-state index is 0.0142. The SMILES string of the molecule is C#CCN(CC(=O)CC(=O)OCC)c1cc(Cl)cc(Cl)c1. The molecule has 1 aromatic carbocycles. The number of terminal acetylenes is 1. The van der Waals surface area contributed by atoms with Gasteiger partial charge in [-0.2, -0.15) is 0 Å². The number of nitrogens with zero attached hydrogens (tertiary/aromatic N) is 1. The van der Waals surface area contributed by atoms with E-state index >= 15 is 0 Å². The molecule has 0 fully saturated rings. The number of carbonyl (C=O) groups is 2. The molecule has 0 aromatic heterocycles. The number of rotatable bonds is 7. The van der Waals surface area contributed by atoms with Gasteiger partial charge >= 0.3 is 5.97 Å². The first kappa shape index (κ1) is 17.4. The molecule has 0 unspecified atom stereocenters. The van der Waals surface area contributed by atoms with Gasteiger partial charge in [0.05, 0.1) is 19.7 Å². The number of hydrogen-bond donors (Lipinski definition) is 0. The summed E-state index contributed by atoms with van der Waals surface area (Å²) in [5, 5.41) is 0.884. The zero-order valence-corrected chi connectivity index (χ0v) is 13.1. The quantitative estimate of drug-likeness (QED) is 0.439. The predicted octanol–water partition coefficient (Wildman–Crippen LogP) is 2.96. The molecule has 4 nitrogen and oxygen atoms in total. The van der Waals surface area contributed by atoms with Crippen LogP contribution in [0.25, 0.3) is 0 Å². The van der Waals surface area contributed by atoms with Crippen LogP contribution in [0.15, 0.2) is 18.2 Å². The molecule has 1 aromatic rings. The Morgan fingerprint density at radius 2 is 1.90 bits per heavy atom. The predicted molar refractivity (Wildman–Crippen MR) is 83.8 cm³/mol. The molecule has 0 N–H and O–H groups in total. The second-order valence-electron chi connectivity index (χ2n) is 4.21. The number of benzene rings is 1. The maximum absolute atomic E-state index is 11.9. The molecular weight excluding hydrogens is 313 g/mol. The molecule has 0 heterocycles. The van der Waals surface area contributed by atoms with Gasteiger partial charge in [-0.25, -0.2) is 0 Å². The molecule has 0 aliphatic carbocycles. The Labute approximate surface area is 134 Å². The van der Waals surface area contributed by atoms with E-state index in [1.54, 1.807) is 30.0 Å². The van der Waals surface area contributed by atoms with E-state index < -0.39 is 5.97 Å². The average molecular weight is 328 g/mol. The largest absolute Gasteiger partial charge is 0.466 e. The van der Waals surface area contributed by atoms with Crippen LogP contribution < -0.4 is 4.90 Å². The van der Waals surface area contributed by atoms with Gasteiger partial charge in [0.15, 0.2) is 5.78 Å². The summed E-state index contributed by atoms with van der Waals surface area (Å²) in [6, 6.07) is 4.89. The van der Waals surface area contributed by atoms with Gasteiger partial charge in [0.25, 0.3) is 0 Å². The molecule has 0 saturated carbocycles. The molecule has 0 spiro atoms. The number of esters is 1. The Bertz CT molecular complexity index is 546. The van der Waals surface area contributed by atoms with E-state index in [2.05, 4.69) is 5.92 Å². The van der Waals surface area contributed by atoms with Gasteiger partial charge in [0.2, 0.25) is 0 Å². The Hall–Kier alpha value is -1.70. The van der Waals surface area contributed by atoms with Crippen LogP contribution in [0.5, 0.6) is 0 Å². The van der Waals surface area contributed by atoms with Crippen LogP contribution in [-0.2, 0) is 14.3 Å². The third kappa shape index (κ3) is 6.07. The monoisotopic (exact) mass is 327 g/mol. The van der Waals surface area contributed by atoms with Crippen molar-refractivity contribution in [2.75, 3.05) is 24.6 Å². The smallest absolute Gasteiger partial charge is 0.313 e. The minimum atomic E-state index is -0.549. The highest BCUT2D eigenvalue weighted by molar-refractivity contribution is 6.35. The maximum Gasteiger partial charge on any atom is 0.313 e. The molecule has 112 valence electrons. The third-order valence-electron chi connectivity index (χ3n) is 2.51. The van der Waals surface area contributed by atoms with Crippen LogP contribution in [0, 0.1) is 12.3 Å². The Morgan fingerprint density at radius 1 is 1.29 bits per heavy atom. The minimum Gasteiger partial charge on any atom is -0.466 e. The zero-order valence-electron chi connectivity index (χ0n) is 11.6. The summed E-state index contributed by atoms with van der Waals surface area (Å²) in [6.07, 6.45) is 5.02. The summed E-state index contributed by atoms with van der Waals surface area (Å²) in [6.45, 7) is 2.11. The second kappa shape index (κ2) is 8.56. The topological polar surface area (TPSA) is 46.6 Å². The molecule has 0 radical (unpaired) electrons. The average Bonchev–Trinajstić information content (AvgIpc) is 2.37. The van der Waals surface area contributed by atoms with Crippen LogP contribution in [0.3, 0.4) is 0 Å². The summed E-state index contributed by atoms with van der Waals surface area (Å²) in [5.41, 5.74) is 0.627. The van der Waals surface area contributed by atoms with Gasteiger partial charge < -0.3 is 9.64 Å². The van der Waals surface area contributed by atoms with E-state index in [1.807, 2.05) is 0 Å². The highest BCUT2D eigenvalue weighted by atomic mass is 35.5. The summed E-state index contributed by atoms with van der Waals surface area (Å²) in [7, 11) is 0. The van der Waals surface area contributed by atoms with Crippen molar-refractivity contribution in [1.82, 2.24) is 0 Å². The Balaban J connectivity index is 2.80. The van der Waals surface area contributed by atoms with Crippen molar-refractivity contribution >= 4 is 40.6 Å². The molecule has 0 aliphatic rings. The molecule has 0 atom stereocenters.